The lowest BCUT2D eigenvalue weighted by Crippen LogP contribution is -2.32. The predicted molar refractivity (Wildman–Crippen MR) is 71.8 cm³/mol. The van der Waals surface area contributed by atoms with Crippen molar-refractivity contribution >= 4 is 0 Å². The lowest BCUT2D eigenvalue weighted by atomic mass is 9.74. The Labute approximate surface area is 113 Å². The van der Waals surface area contributed by atoms with Gasteiger partial charge in [0.15, 0.2) is 0 Å². The predicted octanol–water partition coefficient (Wildman–Crippen LogP) is 4.08. The topological polar surface area (TPSA) is 20.2 Å². The van der Waals surface area contributed by atoms with Gasteiger partial charge in [0.1, 0.15) is 11.6 Å². The van der Waals surface area contributed by atoms with Crippen LogP contribution in [0.2, 0.25) is 0 Å². The Morgan fingerprint density at radius 1 is 1.21 bits per heavy atom. The van der Waals surface area contributed by atoms with E-state index in [1.165, 1.54) is 24.6 Å². The summed E-state index contributed by atoms with van der Waals surface area (Å²) in [4.78, 5) is 0. The summed E-state index contributed by atoms with van der Waals surface area (Å²) < 4.78 is 27.2. The van der Waals surface area contributed by atoms with Crippen molar-refractivity contribution in [1.82, 2.24) is 0 Å². The van der Waals surface area contributed by atoms with Crippen LogP contribution in [0, 0.1) is 23.5 Å². The fourth-order valence-electron chi connectivity index (χ4n) is 3.34. The van der Waals surface area contributed by atoms with Crippen molar-refractivity contribution in [1.29, 1.82) is 0 Å². The summed E-state index contributed by atoms with van der Waals surface area (Å²) in [6, 6.07) is 3.86. The Balaban J connectivity index is 2.09. The second-order valence-corrected chi connectivity index (χ2v) is 5.59. The summed E-state index contributed by atoms with van der Waals surface area (Å²) in [6.45, 7) is 2.12. The normalized spacial score (nSPS) is 25.3. The third kappa shape index (κ3) is 3.33. The average molecular weight is 268 g/mol. The molecule has 0 heterocycles. The highest BCUT2D eigenvalue weighted by Gasteiger charge is 2.30. The third-order valence-electron chi connectivity index (χ3n) is 4.46. The molecule has 0 radical (unpaired) electrons. The first-order chi connectivity index (χ1) is 9.13. The fourth-order valence-corrected chi connectivity index (χ4v) is 3.34. The lowest BCUT2D eigenvalue weighted by molar-refractivity contribution is 0.0452. The molecule has 3 heteroatoms. The number of halogens is 2. The zero-order valence-electron chi connectivity index (χ0n) is 11.4. The Kier molecular flexibility index (Phi) is 4.92. The van der Waals surface area contributed by atoms with E-state index in [2.05, 4.69) is 6.92 Å². The largest absolute Gasteiger partial charge is 0.392 e. The molecule has 2 rings (SSSR count). The van der Waals surface area contributed by atoms with Crippen LogP contribution >= 0.6 is 0 Å². The zero-order chi connectivity index (χ0) is 13.8. The van der Waals surface area contributed by atoms with Crippen LogP contribution in [-0.4, -0.2) is 11.2 Å². The Bertz CT molecular complexity index is 399. The van der Waals surface area contributed by atoms with Crippen molar-refractivity contribution in [2.45, 2.75) is 51.6 Å². The van der Waals surface area contributed by atoms with E-state index >= 15 is 0 Å². The molecule has 0 aromatic heterocycles. The van der Waals surface area contributed by atoms with E-state index < -0.39 is 17.7 Å². The first kappa shape index (κ1) is 14.4. The van der Waals surface area contributed by atoms with Crippen LogP contribution in [0.4, 0.5) is 8.78 Å². The van der Waals surface area contributed by atoms with E-state index in [1.54, 1.807) is 0 Å². The van der Waals surface area contributed by atoms with Gasteiger partial charge in [0.2, 0.25) is 0 Å². The van der Waals surface area contributed by atoms with Crippen LogP contribution in [0.25, 0.3) is 0 Å². The molecule has 0 saturated heterocycles. The maximum Gasteiger partial charge on any atom is 0.129 e. The highest BCUT2D eigenvalue weighted by atomic mass is 19.1. The van der Waals surface area contributed by atoms with E-state index in [1.807, 2.05) is 0 Å². The van der Waals surface area contributed by atoms with Gasteiger partial charge in [0, 0.05) is 12.0 Å². The summed E-state index contributed by atoms with van der Waals surface area (Å²) in [5.74, 6) is -0.442. The maximum absolute atomic E-state index is 13.6. The van der Waals surface area contributed by atoms with E-state index in [-0.39, 0.29) is 17.9 Å². The summed E-state index contributed by atoms with van der Waals surface area (Å²) in [6.07, 6.45) is 4.87. The van der Waals surface area contributed by atoms with Crippen molar-refractivity contribution in [3.05, 3.63) is 35.4 Å². The van der Waals surface area contributed by atoms with Crippen LogP contribution in [0.5, 0.6) is 0 Å². The minimum Gasteiger partial charge on any atom is -0.392 e. The molecule has 106 valence electrons. The monoisotopic (exact) mass is 268 g/mol. The molecule has 0 spiro atoms. The molecule has 1 nitrogen and oxygen atoms in total. The fraction of sp³-hybridized carbons (Fsp3) is 0.625. The van der Waals surface area contributed by atoms with Crippen LogP contribution < -0.4 is 0 Å². The molecular weight excluding hydrogens is 246 g/mol. The molecular formula is C16H22F2O. The molecule has 1 aromatic rings. The molecule has 1 aliphatic rings. The number of aliphatic hydroxyl groups is 1. The first-order valence-electron chi connectivity index (χ1n) is 7.24. The molecule has 3 atom stereocenters. The lowest BCUT2D eigenvalue weighted by Gasteiger charge is -2.34. The summed E-state index contributed by atoms with van der Waals surface area (Å²) >= 11 is 0. The smallest absolute Gasteiger partial charge is 0.129 e. The quantitative estimate of drug-likeness (QED) is 0.872. The second-order valence-electron chi connectivity index (χ2n) is 5.59. The minimum atomic E-state index is -0.642. The summed E-state index contributed by atoms with van der Waals surface area (Å²) in [5, 5.41) is 10.3. The molecule has 0 amide bonds. The first-order valence-corrected chi connectivity index (χ1v) is 7.24. The third-order valence-corrected chi connectivity index (χ3v) is 4.46. The number of rotatable bonds is 4. The highest BCUT2D eigenvalue weighted by Crippen LogP contribution is 2.35. The van der Waals surface area contributed by atoms with Gasteiger partial charge < -0.3 is 5.11 Å². The molecule has 3 unspecified atom stereocenters. The molecule has 1 N–H and O–H groups in total. The molecule has 0 bridgehead atoms. The van der Waals surface area contributed by atoms with Crippen LogP contribution in [-0.2, 0) is 6.42 Å². The Morgan fingerprint density at radius 3 is 2.47 bits per heavy atom. The van der Waals surface area contributed by atoms with E-state index in [4.69, 9.17) is 0 Å². The molecule has 1 aromatic carbocycles. The molecule has 1 fully saturated rings. The van der Waals surface area contributed by atoms with Crippen molar-refractivity contribution in [3.63, 3.8) is 0 Å². The van der Waals surface area contributed by atoms with Gasteiger partial charge in [0.05, 0.1) is 6.10 Å². The zero-order valence-corrected chi connectivity index (χ0v) is 11.4. The number of hydrogen-bond acceptors (Lipinski definition) is 1. The van der Waals surface area contributed by atoms with Crippen LogP contribution in [0.3, 0.4) is 0 Å². The van der Waals surface area contributed by atoms with E-state index in [9.17, 15) is 13.9 Å². The van der Waals surface area contributed by atoms with Gasteiger partial charge in [-0.25, -0.2) is 8.78 Å². The van der Waals surface area contributed by atoms with Gasteiger partial charge in [-0.1, -0.05) is 38.7 Å². The van der Waals surface area contributed by atoms with Crippen molar-refractivity contribution < 1.29 is 13.9 Å². The number of benzene rings is 1. The molecule has 1 saturated carbocycles. The van der Waals surface area contributed by atoms with Crippen molar-refractivity contribution in [3.8, 4) is 0 Å². The average Bonchev–Trinajstić information content (AvgIpc) is 2.42. The molecule has 1 aliphatic carbocycles. The number of hydrogen-bond donors (Lipinski definition) is 1. The molecule has 0 aliphatic heterocycles. The second kappa shape index (κ2) is 6.47. The SMILES string of the molecule is CCC1CCCCC1C(O)Cc1c(F)cccc1F. The van der Waals surface area contributed by atoms with Crippen LogP contribution in [0.1, 0.15) is 44.6 Å². The Hall–Kier alpha value is -0.960. The van der Waals surface area contributed by atoms with Gasteiger partial charge in [-0.05, 0) is 30.4 Å². The summed E-state index contributed by atoms with van der Waals surface area (Å²) in [7, 11) is 0. The molecule has 19 heavy (non-hydrogen) atoms. The van der Waals surface area contributed by atoms with Gasteiger partial charge in [0.25, 0.3) is 0 Å². The maximum atomic E-state index is 13.6. The highest BCUT2D eigenvalue weighted by molar-refractivity contribution is 5.20. The van der Waals surface area contributed by atoms with Gasteiger partial charge in [-0.15, -0.1) is 0 Å². The van der Waals surface area contributed by atoms with E-state index in [0.717, 1.165) is 25.7 Å². The van der Waals surface area contributed by atoms with Crippen molar-refractivity contribution in [2.75, 3.05) is 0 Å². The van der Waals surface area contributed by atoms with E-state index in [0.29, 0.717) is 5.92 Å². The van der Waals surface area contributed by atoms with Gasteiger partial charge >= 0.3 is 0 Å². The number of aliphatic hydroxyl groups excluding tert-OH is 1. The standard InChI is InChI=1S/C16H22F2O/c1-2-11-6-3-4-7-12(11)16(19)10-13-14(17)8-5-9-15(13)18/h5,8-9,11-12,16,19H,2-4,6-7,10H2,1H3. The minimum absolute atomic E-state index is 0.0235. The van der Waals surface area contributed by atoms with Gasteiger partial charge in [-0.3, -0.25) is 0 Å². The van der Waals surface area contributed by atoms with Gasteiger partial charge in [-0.2, -0.15) is 0 Å². The van der Waals surface area contributed by atoms with Crippen molar-refractivity contribution in [2.24, 2.45) is 11.8 Å². The van der Waals surface area contributed by atoms with Crippen LogP contribution in [0.15, 0.2) is 18.2 Å². The Morgan fingerprint density at radius 2 is 1.84 bits per heavy atom. The summed E-state index contributed by atoms with van der Waals surface area (Å²) in [5.41, 5.74) is 0.0235.